The number of piperidine rings is 1. The van der Waals surface area contributed by atoms with Crippen molar-refractivity contribution in [1.82, 2.24) is 20.6 Å². The molecular weight excluding hydrogens is 276 g/mol. The van der Waals surface area contributed by atoms with Crippen LogP contribution in [0.1, 0.15) is 49.4 Å². The van der Waals surface area contributed by atoms with Crippen molar-refractivity contribution >= 4 is 17.5 Å². The predicted molar refractivity (Wildman–Crippen MR) is 79.0 cm³/mol. The van der Waals surface area contributed by atoms with E-state index < -0.39 is 0 Å². The maximum atomic E-state index is 12.3. The monoisotopic (exact) mass is 296 g/mol. The van der Waals surface area contributed by atoms with Gasteiger partial charge in [0.25, 0.3) is 5.91 Å². The zero-order chi connectivity index (χ0) is 14.7. The van der Waals surface area contributed by atoms with Crippen LogP contribution in [0, 0.1) is 5.92 Å². The Morgan fingerprint density at radius 2 is 2.30 bits per heavy atom. The van der Waals surface area contributed by atoms with Gasteiger partial charge in [0.2, 0.25) is 0 Å². The Morgan fingerprint density at radius 1 is 1.55 bits per heavy atom. The van der Waals surface area contributed by atoms with E-state index >= 15 is 0 Å². The highest BCUT2D eigenvalue weighted by Crippen LogP contribution is 2.17. The lowest BCUT2D eigenvalue weighted by atomic mass is 9.95. The van der Waals surface area contributed by atoms with Crippen LogP contribution in [0.15, 0.2) is 6.20 Å². The van der Waals surface area contributed by atoms with Crippen molar-refractivity contribution in [2.45, 2.75) is 39.2 Å². The summed E-state index contributed by atoms with van der Waals surface area (Å²) in [6.45, 7) is 7.93. The number of aromatic nitrogens is 2. The van der Waals surface area contributed by atoms with Crippen molar-refractivity contribution in [3.63, 3.8) is 0 Å². The number of nitrogens with one attached hydrogen (secondary N) is 2. The van der Waals surface area contributed by atoms with Gasteiger partial charge in [0.1, 0.15) is 11.5 Å². The lowest BCUT2D eigenvalue weighted by Crippen LogP contribution is -2.48. The molecule has 0 bridgehead atoms. The minimum Gasteiger partial charge on any atom is -0.348 e. The average Bonchev–Trinajstić information content (AvgIpc) is 2.41. The summed E-state index contributed by atoms with van der Waals surface area (Å²) in [5, 5.41) is 6.65. The van der Waals surface area contributed by atoms with Crippen LogP contribution in [0.4, 0.5) is 0 Å². The third-order valence-corrected chi connectivity index (χ3v) is 3.87. The molecule has 1 aliphatic rings. The van der Waals surface area contributed by atoms with Crippen LogP contribution in [-0.2, 0) is 0 Å². The van der Waals surface area contributed by atoms with Gasteiger partial charge in [-0.2, -0.15) is 0 Å². The van der Waals surface area contributed by atoms with E-state index in [1.165, 1.54) is 6.20 Å². The van der Waals surface area contributed by atoms with E-state index in [2.05, 4.69) is 27.5 Å². The molecular formula is C14H21ClN4O. The quantitative estimate of drug-likeness (QED) is 0.895. The first kappa shape index (κ1) is 15.2. The van der Waals surface area contributed by atoms with Crippen LogP contribution in [0.3, 0.4) is 0 Å². The fourth-order valence-corrected chi connectivity index (χ4v) is 2.46. The highest BCUT2D eigenvalue weighted by atomic mass is 35.5. The molecule has 2 heterocycles. The van der Waals surface area contributed by atoms with Crippen LogP contribution < -0.4 is 10.6 Å². The van der Waals surface area contributed by atoms with E-state index in [0.29, 0.717) is 16.8 Å². The van der Waals surface area contributed by atoms with Crippen LogP contribution in [-0.4, -0.2) is 35.0 Å². The summed E-state index contributed by atoms with van der Waals surface area (Å²) in [6.07, 6.45) is 2.43. The summed E-state index contributed by atoms with van der Waals surface area (Å²) in [5.74, 6) is 0.991. The van der Waals surface area contributed by atoms with Crippen molar-refractivity contribution in [2.75, 3.05) is 13.1 Å². The number of hydrogen-bond donors (Lipinski definition) is 2. The smallest absolute Gasteiger partial charge is 0.271 e. The van der Waals surface area contributed by atoms with Gasteiger partial charge in [-0.25, -0.2) is 9.97 Å². The van der Waals surface area contributed by atoms with E-state index in [1.54, 1.807) is 0 Å². The number of carbonyl (C=O) groups is 1. The minimum atomic E-state index is -0.210. The van der Waals surface area contributed by atoms with Crippen molar-refractivity contribution in [3.8, 4) is 0 Å². The fourth-order valence-electron chi connectivity index (χ4n) is 2.28. The molecule has 1 aromatic rings. The molecule has 2 unspecified atom stereocenters. The number of rotatable bonds is 3. The van der Waals surface area contributed by atoms with Gasteiger partial charge < -0.3 is 10.6 Å². The summed E-state index contributed by atoms with van der Waals surface area (Å²) in [4.78, 5) is 20.8. The second-order valence-corrected chi connectivity index (χ2v) is 6.04. The molecule has 1 saturated heterocycles. The Bertz CT molecular complexity index is 492. The van der Waals surface area contributed by atoms with Crippen molar-refractivity contribution in [1.29, 1.82) is 0 Å². The molecule has 1 fully saturated rings. The molecule has 1 amide bonds. The van der Waals surface area contributed by atoms with E-state index in [4.69, 9.17) is 11.6 Å². The number of halogens is 1. The first-order valence-electron chi connectivity index (χ1n) is 7.03. The van der Waals surface area contributed by atoms with E-state index in [9.17, 15) is 4.79 Å². The maximum Gasteiger partial charge on any atom is 0.271 e. The Hall–Kier alpha value is -1.20. The van der Waals surface area contributed by atoms with Crippen LogP contribution in [0.5, 0.6) is 0 Å². The second-order valence-electron chi connectivity index (χ2n) is 5.63. The first-order valence-corrected chi connectivity index (χ1v) is 7.41. The number of hydrogen-bond acceptors (Lipinski definition) is 4. The molecule has 0 spiro atoms. The van der Waals surface area contributed by atoms with Crippen LogP contribution >= 0.6 is 11.6 Å². The fraction of sp³-hybridized carbons (Fsp3) is 0.643. The second kappa shape index (κ2) is 6.50. The molecule has 5 nitrogen and oxygen atoms in total. The normalized spacial score (nSPS) is 22.9. The van der Waals surface area contributed by atoms with Gasteiger partial charge in [-0.3, -0.25) is 4.79 Å². The van der Waals surface area contributed by atoms with Crippen molar-refractivity contribution in [3.05, 3.63) is 22.7 Å². The van der Waals surface area contributed by atoms with E-state index in [1.807, 2.05) is 13.8 Å². The topological polar surface area (TPSA) is 66.9 Å². The standard InChI is InChI=1S/C14H21ClN4O/c1-8(2)13-17-7-10(15)12(19-13)14(20)18-11-4-5-16-6-9(11)3/h7-9,11,16H,4-6H2,1-3H3,(H,18,20). The number of amides is 1. The summed E-state index contributed by atoms with van der Waals surface area (Å²) in [5.41, 5.74) is 0.274. The predicted octanol–water partition coefficient (Wildman–Crippen LogP) is 1.98. The Kier molecular flexibility index (Phi) is 4.94. The van der Waals surface area contributed by atoms with Gasteiger partial charge in [-0.1, -0.05) is 32.4 Å². The van der Waals surface area contributed by atoms with Gasteiger partial charge >= 0.3 is 0 Å². The van der Waals surface area contributed by atoms with Gasteiger partial charge in [0, 0.05) is 12.0 Å². The van der Waals surface area contributed by atoms with Gasteiger partial charge in [0.05, 0.1) is 11.2 Å². The lowest BCUT2D eigenvalue weighted by Gasteiger charge is -2.30. The maximum absolute atomic E-state index is 12.3. The average molecular weight is 297 g/mol. The van der Waals surface area contributed by atoms with E-state index in [0.717, 1.165) is 19.5 Å². The molecule has 2 rings (SSSR count). The van der Waals surface area contributed by atoms with Gasteiger partial charge in [-0.15, -0.1) is 0 Å². The molecule has 110 valence electrons. The molecule has 20 heavy (non-hydrogen) atoms. The highest BCUT2D eigenvalue weighted by molar-refractivity contribution is 6.33. The molecule has 6 heteroatoms. The first-order chi connectivity index (χ1) is 9.49. The summed E-state index contributed by atoms with van der Waals surface area (Å²) in [6, 6.07) is 0.164. The van der Waals surface area contributed by atoms with Crippen molar-refractivity contribution < 1.29 is 4.79 Å². The highest BCUT2D eigenvalue weighted by Gasteiger charge is 2.25. The van der Waals surface area contributed by atoms with Gasteiger partial charge in [-0.05, 0) is 25.4 Å². The Balaban J connectivity index is 2.14. The summed E-state index contributed by atoms with van der Waals surface area (Å²) in [7, 11) is 0. The minimum absolute atomic E-state index is 0.164. The third kappa shape index (κ3) is 3.46. The SMILES string of the molecule is CC(C)c1ncc(Cl)c(C(=O)NC2CCNCC2C)n1. The molecule has 0 aliphatic carbocycles. The third-order valence-electron chi connectivity index (χ3n) is 3.60. The molecule has 2 atom stereocenters. The zero-order valence-corrected chi connectivity index (χ0v) is 12.9. The number of nitrogens with zero attached hydrogens (tertiary/aromatic N) is 2. The van der Waals surface area contributed by atoms with E-state index in [-0.39, 0.29) is 23.6 Å². The molecule has 0 radical (unpaired) electrons. The zero-order valence-electron chi connectivity index (χ0n) is 12.1. The molecule has 1 aromatic heterocycles. The largest absolute Gasteiger partial charge is 0.348 e. The summed E-state index contributed by atoms with van der Waals surface area (Å²) < 4.78 is 0. The molecule has 2 N–H and O–H groups in total. The molecule has 1 aliphatic heterocycles. The Labute approximate surface area is 124 Å². The lowest BCUT2D eigenvalue weighted by molar-refractivity contribution is 0.0908. The van der Waals surface area contributed by atoms with Crippen LogP contribution in [0.25, 0.3) is 0 Å². The van der Waals surface area contributed by atoms with Crippen molar-refractivity contribution in [2.24, 2.45) is 5.92 Å². The molecule has 0 aromatic carbocycles. The number of carbonyl (C=O) groups excluding carboxylic acids is 1. The van der Waals surface area contributed by atoms with Crippen LogP contribution in [0.2, 0.25) is 5.02 Å². The molecule has 0 saturated carbocycles. The Morgan fingerprint density at radius 3 is 2.95 bits per heavy atom. The summed E-state index contributed by atoms with van der Waals surface area (Å²) >= 11 is 6.05. The van der Waals surface area contributed by atoms with Gasteiger partial charge in [0.15, 0.2) is 0 Å².